The molecule has 3 aromatic rings. The van der Waals surface area contributed by atoms with Crippen LogP contribution in [0.1, 0.15) is 12.5 Å². The number of aryl methyl sites for hydroxylation is 1. The third-order valence-electron chi connectivity index (χ3n) is 4.16. The van der Waals surface area contributed by atoms with Crippen molar-refractivity contribution in [3.05, 3.63) is 66.4 Å². The van der Waals surface area contributed by atoms with Crippen LogP contribution >= 0.6 is 11.8 Å². The van der Waals surface area contributed by atoms with Gasteiger partial charge in [-0.25, -0.2) is 4.98 Å². The summed E-state index contributed by atoms with van der Waals surface area (Å²) in [6.07, 6.45) is -3.00. The molecule has 2 aromatic carbocycles. The molecule has 1 N–H and O–H groups in total. The van der Waals surface area contributed by atoms with Crippen molar-refractivity contribution in [1.29, 1.82) is 0 Å². The summed E-state index contributed by atoms with van der Waals surface area (Å²) in [6, 6.07) is 16.1. The second kappa shape index (κ2) is 8.73. The van der Waals surface area contributed by atoms with E-state index in [-0.39, 0.29) is 11.1 Å². The van der Waals surface area contributed by atoms with Gasteiger partial charge in [0.2, 0.25) is 5.91 Å². The van der Waals surface area contributed by atoms with Crippen LogP contribution < -0.4 is 5.32 Å². The second-order valence-electron chi connectivity index (χ2n) is 6.61. The first-order valence-electron chi connectivity index (χ1n) is 8.95. The topological polar surface area (TPSA) is 46.9 Å². The van der Waals surface area contributed by atoms with E-state index in [1.165, 1.54) is 6.20 Å². The van der Waals surface area contributed by atoms with Crippen molar-refractivity contribution in [2.45, 2.75) is 37.0 Å². The van der Waals surface area contributed by atoms with Gasteiger partial charge in [-0.1, -0.05) is 54.2 Å². The van der Waals surface area contributed by atoms with Gasteiger partial charge in [-0.2, -0.15) is 13.2 Å². The number of nitrogens with zero attached hydrogens (tertiary/aromatic N) is 2. The fraction of sp³-hybridized carbons (Fsp3) is 0.238. The van der Waals surface area contributed by atoms with Gasteiger partial charge in [0, 0.05) is 5.69 Å². The third-order valence-corrected chi connectivity index (χ3v) is 5.27. The molecule has 152 valence electrons. The minimum absolute atomic E-state index is 0.146. The van der Waals surface area contributed by atoms with E-state index in [2.05, 4.69) is 10.3 Å². The molecule has 29 heavy (non-hydrogen) atoms. The van der Waals surface area contributed by atoms with Gasteiger partial charge in [0.1, 0.15) is 6.54 Å². The molecule has 0 spiro atoms. The van der Waals surface area contributed by atoms with Crippen LogP contribution in [0.4, 0.5) is 18.9 Å². The highest BCUT2D eigenvalue weighted by molar-refractivity contribution is 8.00. The molecule has 1 aromatic heterocycles. The Bertz CT molecular complexity index is 986. The maximum absolute atomic E-state index is 13.2. The summed E-state index contributed by atoms with van der Waals surface area (Å²) in [6.45, 7) is 2.38. The number of hydrogen-bond donors (Lipinski definition) is 1. The highest BCUT2D eigenvalue weighted by Crippen LogP contribution is 2.32. The highest BCUT2D eigenvalue weighted by Gasteiger charge is 2.31. The molecule has 3 rings (SSSR count). The van der Waals surface area contributed by atoms with E-state index >= 15 is 0 Å². The van der Waals surface area contributed by atoms with Crippen molar-refractivity contribution < 1.29 is 18.0 Å². The Morgan fingerprint density at radius 3 is 2.55 bits per heavy atom. The fourth-order valence-corrected chi connectivity index (χ4v) is 3.69. The molecule has 1 unspecified atom stereocenters. The predicted octanol–water partition coefficient (Wildman–Crippen LogP) is 5.54. The first kappa shape index (κ1) is 21.0. The molecule has 0 aliphatic rings. The fourth-order valence-electron chi connectivity index (χ4n) is 2.80. The molecule has 1 heterocycles. The Balaban J connectivity index is 1.82. The summed E-state index contributed by atoms with van der Waals surface area (Å²) in [7, 11) is 0. The lowest BCUT2D eigenvalue weighted by Gasteiger charge is -2.16. The van der Waals surface area contributed by atoms with Crippen molar-refractivity contribution in [3.8, 4) is 11.3 Å². The van der Waals surface area contributed by atoms with E-state index in [9.17, 15) is 18.0 Å². The molecular weight excluding hydrogens is 399 g/mol. The summed E-state index contributed by atoms with van der Waals surface area (Å²) in [5.41, 5.74) is 2.63. The molecule has 0 saturated heterocycles. The Kier molecular flexibility index (Phi) is 6.32. The van der Waals surface area contributed by atoms with E-state index < -0.39 is 18.0 Å². The van der Waals surface area contributed by atoms with E-state index in [0.717, 1.165) is 21.9 Å². The number of anilines is 1. The summed E-state index contributed by atoms with van der Waals surface area (Å²) in [5, 5.41) is 2.31. The summed E-state index contributed by atoms with van der Waals surface area (Å²) in [4.78, 5) is 16.7. The molecule has 0 radical (unpaired) electrons. The van der Waals surface area contributed by atoms with Crippen molar-refractivity contribution in [2.75, 3.05) is 5.32 Å². The maximum atomic E-state index is 13.2. The molecule has 0 aliphatic carbocycles. The van der Waals surface area contributed by atoms with E-state index in [1.54, 1.807) is 43.3 Å². The Morgan fingerprint density at radius 2 is 1.90 bits per heavy atom. The van der Waals surface area contributed by atoms with Gasteiger partial charge in [0.25, 0.3) is 0 Å². The quantitative estimate of drug-likeness (QED) is 0.534. The zero-order chi connectivity index (χ0) is 21.0. The molecule has 1 atom stereocenters. The van der Waals surface area contributed by atoms with Gasteiger partial charge >= 0.3 is 6.18 Å². The highest BCUT2D eigenvalue weighted by atomic mass is 32.2. The van der Waals surface area contributed by atoms with E-state index in [4.69, 9.17) is 0 Å². The van der Waals surface area contributed by atoms with Crippen molar-refractivity contribution >= 4 is 23.4 Å². The zero-order valence-corrected chi connectivity index (χ0v) is 16.7. The van der Waals surface area contributed by atoms with Crippen molar-refractivity contribution in [2.24, 2.45) is 0 Å². The lowest BCUT2D eigenvalue weighted by Crippen LogP contribution is -2.24. The summed E-state index contributed by atoms with van der Waals surface area (Å²) in [5.74, 6) is -0.302. The van der Waals surface area contributed by atoms with Gasteiger partial charge in [-0.3, -0.25) is 4.79 Å². The number of hydrogen-bond acceptors (Lipinski definition) is 3. The monoisotopic (exact) mass is 419 g/mol. The van der Waals surface area contributed by atoms with Gasteiger partial charge in [-0.15, -0.1) is 0 Å². The summed E-state index contributed by atoms with van der Waals surface area (Å²) < 4.78 is 40.6. The number of thioether (sulfide) groups is 1. The van der Waals surface area contributed by atoms with Gasteiger partial charge < -0.3 is 9.88 Å². The predicted molar refractivity (Wildman–Crippen MR) is 109 cm³/mol. The number of benzene rings is 2. The smallest absolute Gasteiger partial charge is 0.325 e. The van der Waals surface area contributed by atoms with Gasteiger partial charge in [0.05, 0.1) is 17.1 Å². The number of amides is 1. The first-order chi connectivity index (χ1) is 13.7. The number of alkyl halides is 3. The first-order valence-corrected chi connectivity index (χ1v) is 9.83. The minimum atomic E-state index is -4.41. The van der Waals surface area contributed by atoms with Crippen LogP contribution in [0.15, 0.2) is 66.0 Å². The molecule has 1 amide bonds. The van der Waals surface area contributed by atoms with Gasteiger partial charge in [-0.05, 0) is 37.1 Å². The molecule has 4 nitrogen and oxygen atoms in total. The van der Waals surface area contributed by atoms with Crippen LogP contribution in [-0.2, 0) is 11.3 Å². The summed E-state index contributed by atoms with van der Waals surface area (Å²) >= 11 is 0.998. The third kappa shape index (κ3) is 5.63. The minimum Gasteiger partial charge on any atom is -0.325 e. The van der Waals surface area contributed by atoms with Crippen LogP contribution in [0, 0.1) is 6.92 Å². The average Bonchev–Trinajstić information content (AvgIpc) is 3.03. The Hall–Kier alpha value is -2.74. The van der Waals surface area contributed by atoms with Crippen LogP contribution in [0.5, 0.6) is 0 Å². The van der Waals surface area contributed by atoms with E-state index in [1.807, 2.05) is 25.1 Å². The van der Waals surface area contributed by atoms with Crippen LogP contribution in [0.25, 0.3) is 11.3 Å². The lowest BCUT2D eigenvalue weighted by atomic mass is 10.2. The molecule has 0 fully saturated rings. The maximum Gasteiger partial charge on any atom is 0.406 e. The van der Waals surface area contributed by atoms with Crippen LogP contribution in [0.3, 0.4) is 0 Å². The normalized spacial score (nSPS) is 12.6. The second-order valence-corrected chi connectivity index (χ2v) is 7.92. The number of carbonyl (C=O) groups excluding carboxylic acids is 1. The number of imidazole rings is 1. The van der Waals surface area contributed by atoms with Crippen LogP contribution in [0.2, 0.25) is 0 Å². The Morgan fingerprint density at radius 1 is 1.17 bits per heavy atom. The molecular formula is C21H20F3N3OS. The van der Waals surface area contributed by atoms with Gasteiger partial charge in [0.15, 0.2) is 5.16 Å². The van der Waals surface area contributed by atoms with Crippen molar-refractivity contribution in [3.63, 3.8) is 0 Å². The molecule has 8 heteroatoms. The number of halogens is 3. The largest absolute Gasteiger partial charge is 0.406 e. The zero-order valence-electron chi connectivity index (χ0n) is 15.9. The Labute approximate surface area is 171 Å². The number of nitrogens with one attached hydrogen (secondary N) is 1. The van der Waals surface area contributed by atoms with Crippen molar-refractivity contribution in [1.82, 2.24) is 9.55 Å². The molecule has 0 saturated carbocycles. The number of carbonyl (C=O) groups is 1. The molecule has 0 aliphatic heterocycles. The SMILES string of the molecule is Cc1cccc(NC(=O)C(C)Sc2ncc(-c3ccccc3)n2CC(F)(F)F)c1. The average molecular weight is 419 g/mol. The number of aromatic nitrogens is 2. The van der Waals surface area contributed by atoms with E-state index in [0.29, 0.717) is 16.9 Å². The van der Waals surface area contributed by atoms with Crippen LogP contribution in [-0.4, -0.2) is 26.9 Å². The number of rotatable bonds is 6. The standard InChI is InChI=1S/C21H20F3N3OS/c1-14-7-6-10-17(11-14)26-19(28)15(2)29-20-25-12-18(16-8-4-3-5-9-16)27(20)13-21(22,23)24/h3-12,15H,13H2,1-2H3,(H,26,28). The lowest BCUT2D eigenvalue weighted by molar-refractivity contribution is -0.141. The molecule has 0 bridgehead atoms.